The van der Waals surface area contributed by atoms with Crippen molar-refractivity contribution in [3.63, 3.8) is 0 Å². The lowest BCUT2D eigenvalue weighted by molar-refractivity contribution is 0.101. The van der Waals surface area contributed by atoms with Gasteiger partial charge in [-0.2, -0.15) is 0 Å². The van der Waals surface area contributed by atoms with Gasteiger partial charge >= 0.3 is 0 Å². The molecule has 0 aromatic heterocycles. The summed E-state index contributed by atoms with van der Waals surface area (Å²) in [6.45, 7) is 9.51. The third kappa shape index (κ3) is 8.00. The largest absolute Gasteiger partial charge is 0.344 e. The number of ketones is 1. The second-order valence-electron chi connectivity index (χ2n) is 7.64. The quantitative estimate of drug-likeness (QED) is 0.231. The van der Waals surface area contributed by atoms with Gasteiger partial charge in [0.05, 0.1) is 5.70 Å². The van der Waals surface area contributed by atoms with Gasteiger partial charge in [0, 0.05) is 21.8 Å². The molecular weight excluding hydrogens is 392 g/mol. The Balaban J connectivity index is 0.000000456. The molecule has 0 spiro atoms. The molecule has 4 heteroatoms. The van der Waals surface area contributed by atoms with Crippen LogP contribution in [-0.4, -0.2) is 11.6 Å². The number of halogens is 1. The van der Waals surface area contributed by atoms with Crippen LogP contribution in [0.1, 0.15) is 62.4 Å². The number of allylic oxidation sites excluding steroid dienone is 2. The molecule has 1 N–H and O–H groups in total. The van der Waals surface area contributed by atoms with Gasteiger partial charge in [0.25, 0.3) is 0 Å². The Morgan fingerprint density at radius 2 is 1.60 bits per heavy atom. The van der Waals surface area contributed by atoms with E-state index in [1.54, 1.807) is 25.1 Å². The molecule has 1 aliphatic rings. The fraction of sp³-hybridized carbons (Fsp3) is 0.308. The van der Waals surface area contributed by atoms with Gasteiger partial charge in [-0.3, -0.25) is 4.79 Å². The number of anilines is 1. The van der Waals surface area contributed by atoms with E-state index in [0.29, 0.717) is 10.6 Å². The Kier molecular flexibility index (Phi) is 9.56. The lowest BCUT2D eigenvalue weighted by Crippen LogP contribution is -2.07. The second kappa shape index (κ2) is 12.1. The van der Waals surface area contributed by atoms with E-state index in [0.717, 1.165) is 28.7 Å². The molecule has 0 radical (unpaired) electrons. The zero-order valence-corrected chi connectivity index (χ0v) is 18.9. The number of Topliss-reactive ketones (excluding diaryl/α,β-unsaturated/α-hetero) is 1. The molecule has 0 saturated heterocycles. The molecular formula is C26H31ClN2O. The van der Waals surface area contributed by atoms with Crippen LogP contribution in [0.5, 0.6) is 0 Å². The summed E-state index contributed by atoms with van der Waals surface area (Å²) >= 11 is 5.93. The number of carbonyl (C=O) groups excluding carboxylic acids is 1. The molecule has 0 atom stereocenters. The molecule has 1 aliphatic carbocycles. The number of rotatable bonds is 5. The molecule has 0 heterocycles. The van der Waals surface area contributed by atoms with Gasteiger partial charge in [-0.05, 0) is 62.2 Å². The number of carbonyl (C=O) groups is 1. The van der Waals surface area contributed by atoms with Crippen LogP contribution >= 0.6 is 11.6 Å². The van der Waals surface area contributed by atoms with Crippen molar-refractivity contribution in [2.45, 2.75) is 46.5 Å². The Morgan fingerprint density at radius 1 is 1.03 bits per heavy atom. The van der Waals surface area contributed by atoms with Crippen LogP contribution in [0.2, 0.25) is 5.02 Å². The molecule has 0 amide bonds. The van der Waals surface area contributed by atoms with Crippen LogP contribution in [0.15, 0.2) is 72.3 Å². The summed E-state index contributed by atoms with van der Waals surface area (Å²) < 4.78 is 0. The van der Waals surface area contributed by atoms with Gasteiger partial charge in [-0.1, -0.05) is 69.0 Å². The summed E-state index contributed by atoms with van der Waals surface area (Å²) in [5, 5.41) is 3.90. The van der Waals surface area contributed by atoms with Gasteiger partial charge in [0.2, 0.25) is 0 Å². The Labute approximate surface area is 185 Å². The third-order valence-electron chi connectivity index (χ3n) is 4.96. The fourth-order valence-corrected chi connectivity index (χ4v) is 3.39. The fourth-order valence-electron chi connectivity index (χ4n) is 3.27. The molecule has 0 unspecified atom stereocenters. The first-order valence-corrected chi connectivity index (χ1v) is 10.8. The summed E-state index contributed by atoms with van der Waals surface area (Å²) in [5.41, 5.74) is 3.29. The van der Waals surface area contributed by atoms with E-state index in [1.165, 1.54) is 25.7 Å². The minimum atomic E-state index is 0.0471. The summed E-state index contributed by atoms with van der Waals surface area (Å²) in [6, 6.07) is 14.8. The van der Waals surface area contributed by atoms with E-state index in [-0.39, 0.29) is 5.78 Å². The van der Waals surface area contributed by atoms with Crippen molar-refractivity contribution >= 4 is 34.6 Å². The standard InChI is InChI=1S/C20H19ClN2O.C6H12/c1-4-5-20(17-6-10-18(21)11-7-17)23-15(3)22-19-12-8-16(9-13-19)14(2)24;1-6-4-2-3-5-6/h4-13H,1H2,2-3H3,(H,22,23);6H,2-5H2,1H3/b20-5-;. The average molecular weight is 423 g/mol. The van der Waals surface area contributed by atoms with E-state index < -0.39 is 0 Å². The molecule has 3 rings (SSSR count). The lowest BCUT2D eigenvalue weighted by atomic mass is 10.1. The molecule has 30 heavy (non-hydrogen) atoms. The van der Waals surface area contributed by atoms with E-state index in [4.69, 9.17) is 11.6 Å². The minimum absolute atomic E-state index is 0.0471. The Bertz CT molecular complexity index is 890. The number of hydrogen-bond donors (Lipinski definition) is 1. The molecule has 1 fully saturated rings. The zero-order chi connectivity index (χ0) is 21.9. The van der Waals surface area contributed by atoms with Crippen molar-refractivity contribution in [1.82, 2.24) is 0 Å². The van der Waals surface area contributed by atoms with Crippen molar-refractivity contribution in [2.75, 3.05) is 5.32 Å². The van der Waals surface area contributed by atoms with Gasteiger partial charge in [0.1, 0.15) is 5.84 Å². The van der Waals surface area contributed by atoms with Gasteiger partial charge in [0.15, 0.2) is 5.78 Å². The highest BCUT2D eigenvalue weighted by atomic mass is 35.5. The summed E-state index contributed by atoms with van der Waals surface area (Å²) in [7, 11) is 0. The molecule has 158 valence electrons. The summed E-state index contributed by atoms with van der Waals surface area (Å²) in [4.78, 5) is 15.9. The number of aliphatic imine (C=N–C) groups is 1. The molecule has 0 bridgehead atoms. The van der Waals surface area contributed by atoms with Crippen molar-refractivity contribution in [2.24, 2.45) is 10.9 Å². The SMILES string of the molecule is C=C/C=C(\N=C(C)Nc1ccc(C(C)=O)cc1)c1ccc(Cl)cc1.CC1CCCC1. The van der Waals surface area contributed by atoms with Crippen molar-refractivity contribution in [3.8, 4) is 0 Å². The zero-order valence-electron chi connectivity index (χ0n) is 18.1. The highest BCUT2D eigenvalue weighted by Gasteiger charge is 2.07. The van der Waals surface area contributed by atoms with Crippen molar-refractivity contribution < 1.29 is 4.79 Å². The monoisotopic (exact) mass is 422 g/mol. The molecule has 2 aromatic carbocycles. The normalized spacial score (nSPS) is 14.7. The molecule has 3 nitrogen and oxygen atoms in total. The first-order valence-electron chi connectivity index (χ1n) is 10.4. The van der Waals surface area contributed by atoms with Crippen LogP contribution in [-0.2, 0) is 0 Å². The topological polar surface area (TPSA) is 41.5 Å². The summed E-state index contributed by atoms with van der Waals surface area (Å²) in [5.74, 6) is 1.82. The maximum Gasteiger partial charge on any atom is 0.159 e. The maximum absolute atomic E-state index is 11.3. The Hall–Kier alpha value is -2.65. The lowest BCUT2D eigenvalue weighted by Gasteiger charge is -2.08. The minimum Gasteiger partial charge on any atom is -0.344 e. The van der Waals surface area contributed by atoms with Crippen LogP contribution < -0.4 is 5.32 Å². The van der Waals surface area contributed by atoms with Crippen LogP contribution in [0.25, 0.3) is 5.70 Å². The van der Waals surface area contributed by atoms with E-state index in [2.05, 4.69) is 23.8 Å². The van der Waals surface area contributed by atoms with Crippen molar-refractivity contribution in [1.29, 1.82) is 0 Å². The molecule has 2 aromatic rings. The van der Waals surface area contributed by atoms with Crippen LogP contribution in [0.4, 0.5) is 5.69 Å². The number of hydrogen-bond acceptors (Lipinski definition) is 2. The maximum atomic E-state index is 11.3. The van der Waals surface area contributed by atoms with Crippen LogP contribution in [0, 0.1) is 5.92 Å². The predicted molar refractivity (Wildman–Crippen MR) is 130 cm³/mol. The Morgan fingerprint density at radius 3 is 2.07 bits per heavy atom. The highest BCUT2D eigenvalue weighted by molar-refractivity contribution is 6.30. The predicted octanol–water partition coefficient (Wildman–Crippen LogP) is 7.80. The van der Waals surface area contributed by atoms with Gasteiger partial charge in [-0.15, -0.1) is 0 Å². The van der Waals surface area contributed by atoms with E-state index in [1.807, 2.05) is 49.4 Å². The van der Waals surface area contributed by atoms with Gasteiger partial charge < -0.3 is 5.32 Å². The smallest absolute Gasteiger partial charge is 0.159 e. The number of amidine groups is 1. The number of nitrogens with zero attached hydrogens (tertiary/aromatic N) is 1. The first-order chi connectivity index (χ1) is 14.4. The van der Waals surface area contributed by atoms with Crippen LogP contribution in [0.3, 0.4) is 0 Å². The first kappa shape index (κ1) is 23.6. The second-order valence-corrected chi connectivity index (χ2v) is 8.08. The molecule has 0 aliphatic heterocycles. The third-order valence-corrected chi connectivity index (χ3v) is 5.22. The van der Waals surface area contributed by atoms with Gasteiger partial charge in [-0.25, -0.2) is 4.99 Å². The van der Waals surface area contributed by atoms with Crippen molar-refractivity contribution in [3.05, 3.63) is 83.4 Å². The van der Waals surface area contributed by atoms with E-state index in [9.17, 15) is 4.79 Å². The highest BCUT2D eigenvalue weighted by Crippen LogP contribution is 2.23. The van der Waals surface area contributed by atoms with E-state index >= 15 is 0 Å². The molecule has 1 saturated carbocycles. The average Bonchev–Trinajstić information content (AvgIpc) is 3.20. The summed E-state index contributed by atoms with van der Waals surface area (Å²) in [6.07, 6.45) is 9.48. The number of benzene rings is 2. The number of nitrogens with one attached hydrogen (secondary N) is 1.